The van der Waals surface area contributed by atoms with Crippen LogP contribution >= 0.6 is 0 Å². The molecule has 0 saturated heterocycles. The van der Waals surface area contributed by atoms with Gasteiger partial charge in [-0.3, -0.25) is 9.59 Å². The van der Waals surface area contributed by atoms with Gasteiger partial charge in [-0.1, -0.05) is 54.1 Å². The molecule has 0 aromatic heterocycles. The minimum atomic E-state index is -0.160. The molecule has 4 nitrogen and oxygen atoms in total. The quantitative estimate of drug-likeness (QED) is 0.682. The van der Waals surface area contributed by atoms with E-state index in [1.165, 1.54) is 5.56 Å². The Morgan fingerprint density at radius 2 is 1.21 bits per heavy atom. The molecule has 28 heavy (non-hydrogen) atoms. The lowest BCUT2D eigenvalue weighted by molar-refractivity contribution is 0.0939. The molecule has 0 aliphatic carbocycles. The van der Waals surface area contributed by atoms with Crippen molar-refractivity contribution in [3.05, 3.63) is 106 Å². The first-order valence-corrected chi connectivity index (χ1v) is 9.29. The van der Waals surface area contributed by atoms with Gasteiger partial charge in [0.05, 0.1) is 0 Å². The van der Waals surface area contributed by atoms with Gasteiger partial charge in [-0.15, -0.1) is 0 Å². The number of hydrogen-bond acceptors (Lipinski definition) is 2. The van der Waals surface area contributed by atoms with E-state index in [2.05, 4.69) is 10.6 Å². The molecule has 3 aromatic rings. The van der Waals surface area contributed by atoms with Crippen LogP contribution in [0.25, 0.3) is 0 Å². The van der Waals surface area contributed by atoms with Crippen LogP contribution in [0.2, 0.25) is 0 Å². The van der Waals surface area contributed by atoms with Gasteiger partial charge in [-0.05, 0) is 54.8 Å². The van der Waals surface area contributed by atoms with Gasteiger partial charge in [0.1, 0.15) is 0 Å². The average Bonchev–Trinajstić information content (AvgIpc) is 2.72. The Kier molecular flexibility index (Phi) is 6.22. The summed E-state index contributed by atoms with van der Waals surface area (Å²) in [7, 11) is 0. The molecule has 2 N–H and O–H groups in total. The highest BCUT2D eigenvalue weighted by Crippen LogP contribution is 2.09. The van der Waals surface area contributed by atoms with Crippen LogP contribution in [0.5, 0.6) is 0 Å². The minimum absolute atomic E-state index is 0.158. The van der Waals surface area contributed by atoms with Crippen LogP contribution in [0.3, 0.4) is 0 Å². The molecule has 0 aliphatic heterocycles. The fourth-order valence-corrected chi connectivity index (χ4v) is 2.85. The van der Waals surface area contributed by atoms with E-state index in [-0.39, 0.29) is 11.8 Å². The molecule has 0 atom stereocenters. The van der Waals surface area contributed by atoms with Crippen LogP contribution in [-0.4, -0.2) is 11.8 Å². The van der Waals surface area contributed by atoms with Crippen molar-refractivity contribution in [3.63, 3.8) is 0 Å². The number of rotatable bonds is 6. The Bertz CT molecular complexity index is 961. The fraction of sp³-hybridized carbons (Fsp3) is 0.167. The standard InChI is InChI=1S/C24H24N2O2/c1-17-7-9-19(10-8-17)15-25-23(27)20-11-13-21(14-12-20)24(28)26-16-22-6-4-3-5-18(22)2/h3-14H,15-16H2,1-2H3,(H,25,27)(H,26,28). The lowest BCUT2D eigenvalue weighted by atomic mass is 10.1. The highest BCUT2D eigenvalue weighted by Gasteiger charge is 2.09. The number of hydrogen-bond donors (Lipinski definition) is 2. The second kappa shape index (κ2) is 9.00. The molecule has 0 unspecified atom stereocenters. The summed E-state index contributed by atoms with van der Waals surface area (Å²) in [5.41, 5.74) is 5.52. The third kappa shape index (κ3) is 5.07. The molecule has 142 valence electrons. The summed E-state index contributed by atoms with van der Waals surface area (Å²) in [4.78, 5) is 24.6. The normalized spacial score (nSPS) is 10.4. The van der Waals surface area contributed by atoms with E-state index in [1.54, 1.807) is 24.3 Å². The van der Waals surface area contributed by atoms with Gasteiger partial charge in [0.2, 0.25) is 0 Å². The van der Waals surface area contributed by atoms with Crippen molar-refractivity contribution in [3.8, 4) is 0 Å². The summed E-state index contributed by atoms with van der Waals surface area (Å²) < 4.78 is 0. The van der Waals surface area contributed by atoms with Gasteiger partial charge in [-0.25, -0.2) is 0 Å². The molecule has 3 rings (SSSR count). The minimum Gasteiger partial charge on any atom is -0.348 e. The summed E-state index contributed by atoms with van der Waals surface area (Å²) in [6.07, 6.45) is 0. The van der Waals surface area contributed by atoms with E-state index in [9.17, 15) is 9.59 Å². The number of aryl methyl sites for hydroxylation is 2. The molecule has 0 aliphatic rings. The highest BCUT2D eigenvalue weighted by atomic mass is 16.2. The van der Waals surface area contributed by atoms with Crippen molar-refractivity contribution < 1.29 is 9.59 Å². The van der Waals surface area contributed by atoms with Crippen LogP contribution in [-0.2, 0) is 13.1 Å². The van der Waals surface area contributed by atoms with Gasteiger partial charge >= 0.3 is 0 Å². The number of nitrogens with one attached hydrogen (secondary N) is 2. The summed E-state index contributed by atoms with van der Waals surface area (Å²) in [5.74, 6) is -0.317. The molecule has 2 amide bonds. The first-order chi connectivity index (χ1) is 13.5. The van der Waals surface area contributed by atoms with E-state index in [0.717, 1.165) is 16.7 Å². The lowest BCUT2D eigenvalue weighted by Gasteiger charge is -2.09. The molecule has 0 radical (unpaired) electrons. The highest BCUT2D eigenvalue weighted by molar-refractivity contribution is 5.97. The van der Waals surface area contributed by atoms with Crippen molar-refractivity contribution >= 4 is 11.8 Å². The first-order valence-electron chi connectivity index (χ1n) is 9.29. The molecule has 4 heteroatoms. The van der Waals surface area contributed by atoms with Gasteiger partial charge in [0, 0.05) is 24.2 Å². The van der Waals surface area contributed by atoms with Crippen LogP contribution < -0.4 is 10.6 Å². The summed E-state index contributed by atoms with van der Waals surface area (Å²) >= 11 is 0. The van der Waals surface area contributed by atoms with Crippen LogP contribution in [0.1, 0.15) is 43.0 Å². The third-order valence-corrected chi connectivity index (χ3v) is 4.68. The Labute approximate surface area is 165 Å². The maximum Gasteiger partial charge on any atom is 0.251 e. The molecular weight excluding hydrogens is 348 g/mol. The molecular formula is C24H24N2O2. The smallest absolute Gasteiger partial charge is 0.251 e. The number of amides is 2. The van der Waals surface area contributed by atoms with Gasteiger partial charge in [-0.2, -0.15) is 0 Å². The lowest BCUT2D eigenvalue weighted by Crippen LogP contribution is -2.24. The topological polar surface area (TPSA) is 58.2 Å². The van der Waals surface area contributed by atoms with Gasteiger partial charge in [0.15, 0.2) is 0 Å². The molecule has 0 spiro atoms. The van der Waals surface area contributed by atoms with Crippen molar-refractivity contribution in [2.24, 2.45) is 0 Å². The zero-order valence-corrected chi connectivity index (χ0v) is 16.2. The van der Waals surface area contributed by atoms with E-state index in [4.69, 9.17) is 0 Å². The van der Waals surface area contributed by atoms with Crippen LogP contribution in [0.4, 0.5) is 0 Å². The first kappa shape index (κ1) is 19.4. The fourth-order valence-electron chi connectivity index (χ4n) is 2.85. The number of carbonyl (C=O) groups excluding carboxylic acids is 2. The van der Waals surface area contributed by atoms with Gasteiger partial charge in [0.25, 0.3) is 11.8 Å². The number of carbonyl (C=O) groups is 2. The van der Waals surface area contributed by atoms with E-state index in [0.29, 0.717) is 24.2 Å². The van der Waals surface area contributed by atoms with E-state index in [1.807, 2.05) is 62.4 Å². The zero-order chi connectivity index (χ0) is 19.9. The maximum absolute atomic E-state index is 12.3. The summed E-state index contributed by atoms with van der Waals surface area (Å²) in [6.45, 7) is 4.99. The maximum atomic E-state index is 12.3. The number of benzene rings is 3. The van der Waals surface area contributed by atoms with E-state index < -0.39 is 0 Å². The largest absolute Gasteiger partial charge is 0.348 e. The van der Waals surface area contributed by atoms with Crippen molar-refractivity contribution in [2.75, 3.05) is 0 Å². The summed E-state index contributed by atoms with van der Waals surface area (Å²) in [6, 6.07) is 22.7. The molecule has 0 heterocycles. The Balaban J connectivity index is 1.54. The Morgan fingerprint density at radius 3 is 1.79 bits per heavy atom. The van der Waals surface area contributed by atoms with Crippen molar-refractivity contribution in [1.29, 1.82) is 0 Å². The van der Waals surface area contributed by atoms with Crippen LogP contribution in [0, 0.1) is 13.8 Å². The monoisotopic (exact) mass is 372 g/mol. The predicted molar refractivity (Wildman–Crippen MR) is 111 cm³/mol. The zero-order valence-electron chi connectivity index (χ0n) is 16.2. The van der Waals surface area contributed by atoms with Crippen molar-refractivity contribution in [1.82, 2.24) is 10.6 Å². The SMILES string of the molecule is Cc1ccc(CNC(=O)c2ccc(C(=O)NCc3ccccc3C)cc2)cc1. The molecule has 3 aromatic carbocycles. The molecule has 0 fully saturated rings. The van der Waals surface area contributed by atoms with Gasteiger partial charge < -0.3 is 10.6 Å². The molecule has 0 saturated carbocycles. The Morgan fingerprint density at radius 1 is 0.679 bits per heavy atom. The second-order valence-electron chi connectivity index (χ2n) is 6.85. The third-order valence-electron chi connectivity index (χ3n) is 4.68. The Hall–Kier alpha value is -3.40. The second-order valence-corrected chi connectivity index (χ2v) is 6.85. The summed E-state index contributed by atoms with van der Waals surface area (Å²) in [5, 5.41) is 5.81. The van der Waals surface area contributed by atoms with Crippen molar-refractivity contribution in [2.45, 2.75) is 26.9 Å². The predicted octanol–water partition coefficient (Wildman–Crippen LogP) is 4.16. The van der Waals surface area contributed by atoms with Crippen LogP contribution in [0.15, 0.2) is 72.8 Å². The van der Waals surface area contributed by atoms with E-state index >= 15 is 0 Å². The average molecular weight is 372 g/mol. The molecule has 0 bridgehead atoms.